The minimum Gasteiger partial charge on any atom is -0.445 e. The minimum absolute atomic E-state index is 0.0859. The molecule has 2 aliphatic rings. The van der Waals surface area contributed by atoms with Gasteiger partial charge in [-0.2, -0.15) is 0 Å². The number of hydrogen-bond acceptors (Lipinski definition) is 5. The van der Waals surface area contributed by atoms with Crippen molar-refractivity contribution in [1.29, 1.82) is 0 Å². The van der Waals surface area contributed by atoms with Crippen molar-refractivity contribution in [2.75, 3.05) is 26.3 Å². The third-order valence-corrected chi connectivity index (χ3v) is 5.97. The number of piperidine rings is 1. The van der Waals surface area contributed by atoms with Crippen molar-refractivity contribution < 1.29 is 23.8 Å². The summed E-state index contributed by atoms with van der Waals surface area (Å²) in [4.78, 5) is 27.7. The van der Waals surface area contributed by atoms with Gasteiger partial charge in [0.25, 0.3) is 0 Å². The Bertz CT molecular complexity index is 862. The van der Waals surface area contributed by atoms with Crippen LogP contribution >= 0.6 is 0 Å². The second-order valence-corrected chi connectivity index (χ2v) is 8.22. The van der Waals surface area contributed by atoms with Crippen LogP contribution in [0.4, 0.5) is 4.79 Å². The molecule has 2 saturated heterocycles. The second-order valence-electron chi connectivity index (χ2n) is 8.22. The van der Waals surface area contributed by atoms with Gasteiger partial charge in [0.15, 0.2) is 6.29 Å². The lowest BCUT2D eigenvalue weighted by atomic mass is 9.95. The van der Waals surface area contributed by atoms with Crippen LogP contribution in [0.3, 0.4) is 0 Å². The van der Waals surface area contributed by atoms with Gasteiger partial charge in [-0.05, 0) is 24.0 Å². The molecule has 7 heteroatoms. The first kappa shape index (κ1) is 22.3. The van der Waals surface area contributed by atoms with E-state index in [1.165, 1.54) is 0 Å². The number of benzene rings is 2. The summed E-state index contributed by atoms with van der Waals surface area (Å²) in [5.74, 6) is 0.218. The maximum atomic E-state index is 13.3. The number of nitrogens with zero attached hydrogens (tertiary/aromatic N) is 1. The molecule has 0 radical (unpaired) electrons. The fraction of sp³-hybridized carbons (Fsp3) is 0.440. The highest BCUT2D eigenvalue weighted by Gasteiger charge is 2.34. The Morgan fingerprint density at radius 1 is 0.938 bits per heavy atom. The second kappa shape index (κ2) is 11.1. The number of likely N-dealkylation sites (tertiary alicyclic amines) is 1. The molecular weight excluding hydrogens is 408 g/mol. The Labute approximate surface area is 188 Å². The van der Waals surface area contributed by atoms with Crippen LogP contribution < -0.4 is 5.32 Å². The standard InChI is InChI=1S/C25H30N2O5/c28-23(27-13-11-21(12-14-27)24-30-15-16-31-24)22(17-19-7-3-1-4-8-19)26-25(29)32-18-20-9-5-2-6-10-20/h1-10,21-22,24H,11-18H2,(H,26,29). The van der Waals surface area contributed by atoms with Crippen molar-refractivity contribution in [1.82, 2.24) is 10.2 Å². The Balaban J connectivity index is 1.36. The molecule has 0 bridgehead atoms. The van der Waals surface area contributed by atoms with E-state index in [0.717, 1.165) is 24.0 Å². The van der Waals surface area contributed by atoms with Gasteiger partial charge >= 0.3 is 6.09 Å². The predicted molar refractivity (Wildman–Crippen MR) is 119 cm³/mol. The number of nitrogens with one attached hydrogen (secondary N) is 1. The van der Waals surface area contributed by atoms with Crippen LogP contribution in [0.15, 0.2) is 60.7 Å². The van der Waals surface area contributed by atoms with E-state index in [9.17, 15) is 9.59 Å². The summed E-state index contributed by atoms with van der Waals surface area (Å²) in [5.41, 5.74) is 1.88. The summed E-state index contributed by atoms with van der Waals surface area (Å²) >= 11 is 0. The van der Waals surface area contributed by atoms with Gasteiger partial charge in [-0.1, -0.05) is 60.7 Å². The number of alkyl carbamates (subject to hydrolysis) is 1. The lowest BCUT2D eigenvalue weighted by Crippen LogP contribution is -2.52. The van der Waals surface area contributed by atoms with E-state index in [1.807, 2.05) is 65.6 Å². The maximum Gasteiger partial charge on any atom is 0.408 e. The number of carbonyl (C=O) groups is 2. The lowest BCUT2D eigenvalue weighted by molar-refractivity contribution is -0.138. The minimum atomic E-state index is -0.684. The molecule has 0 aromatic heterocycles. The van der Waals surface area contributed by atoms with Gasteiger partial charge in [0.1, 0.15) is 12.6 Å². The lowest BCUT2D eigenvalue weighted by Gasteiger charge is -2.35. The molecule has 170 valence electrons. The summed E-state index contributed by atoms with van der Waals surface area (Å²) < 4.78 is 16.6. The zero-order valence-electron chi connectivity index (χ0n) is 18.2. The quantitative estimate of drug-likeness (QED) is 0.719. The molecule has 2 fully saturated rings. The fourth-order valence-electron chi connectivity index (χ4n) is 4.22. The van der Waals surface area contributed by atoms with Crippen molar-refractivity contribution in [3.8, 4) is 0 Å². The summed E-state index contributed by atoms with van der Waals surface area (Å²) in [6.07, 6.45) is 1.32. The van der Waals surface area contributed by atoms with Gasteiger partial charge in [-0.3, -0.25) is 4.79 Å². The topological polar surface area (TPSA) is 77.1 Å². The highest BCUT2D eigenvalue weighted by Crippen LogP contribution is 2.26. The van der Waals surface area contributed by atoms with Crippen molar-refractivity contribution >= 4 is 12.0 Å². The average Bonchev–Trinajstić information content (AvgIpc) is 3.38. The summed E-state index contributed by atoms with van der Waals surface area (Å²) in [7, 11) is 0. The third kappa shape index (κ3) is 6.08. The van der Waals surface area contributed by atoms with E-state index in [0.29, 0.717) is 38.6 Å². The van der Waals surface area contributed by atoms with Crippen LogP contribution in [0.1, 0.15) is 24.0 Å². The van der Waals surface area contributed by atoms with E-state index in [2.05, 4.69) is 5.32 Å². The summed E-state index contributed by atoms with van der Waals surface area (Å²) in [6, 6.07) is 18.5. The van der Waals surface area contributed by atoms with Crippen LogP contribution in [-0.4, -0.2) is 55.5 Å². The molecule has 1 unspecified atom stereocenters. The van der Waals surface area contributed by atoms with E-state index in [1.54, 1.807) is 0 Å². The molecule has 0 aliphatic carbocycles. The highest BCUT2D eigenvalue weighted by atomic mass is 16.7. The normalized spacial score (nSPS) is 18.3. The molecule has 32 heavy (non-hydrogen) atoms. The first-order chi connectivity index (χ1) is 15.7. The SMILES string of the molecule is O=C(NC(Cc1ccccc1)C(=O)N1CCC(C2OCCO2)CC1)OCc1ccccc1. The van der Waals surface area contributed by atoms with Crippen LogP contribution in [0.25, 0.3) is 0 Å². The predicted octanol–water partition coefficient (Wildman–Crippen LogP) is 3.14. The smallest absolute Gasteiger partial charge is 0.408 e. The highest BCUT2D eigenvalue weighted by molar-refractivity contribution is 5.86. The van der Waals surface area contributed by atoms with E-state index < -0.39 is 12.1 Å². The molecule has 2 amide bonds. The Hall–Kier alpha value is -2.90. The van der Waals surface area contributed by atoms with E-state index in [-0.39, 0.29) is 18.8 Å². The number of carbonyl (C=O) groups excluding carboxylic acids is 2. The number of ether oxygens (including phenoxy) is 3. The van der Waals surface area contributed by atoms with Crippen LogP contribution in [0, 0.1) is 5.92 Å². The molecule has 0 spiro atoms. The zero-order chi connectivity index (χ0) is 22.2. The Morgan fingerprint density at radius 3 is 2.16 bits per heavy atom. The first-order valence-electron chi connectivity index (χ1n) is 11.2. The monoisotopic (exact) mass is 438 g/mol. The van der Waals surface area contributed by atoms with Gasteiger partial charge in [0.05, 0.1) is 13.2 Å². The van der Waals surface area contributed by atoms with Gasteiger partial charge in [0, 0.05) is 25.4 Å². The molecule has 2 heterocycles. The zero-order valence-corrected chi connectivity index (χ0v) is 18.2. The molecule has 2 aliphatic heterocycles. The summed E-state index contributed by atoms with van der Waals surface area (Å²) in [6.45, 7) is 2.68. The summed E-state index contributed by atoms with van der Waals surface area (Å²) in [5, 5.41) is 2.80. The Kier molecular flexibility index (Phi) is 7.74. The average molecular weight is 439 g/mol. The van der Waals surface area contributed by atoms with Crippen LogP contribution in [0.2, 0.25) is 0 Å². The molecule has 1 atom stereocenters. The Morgan fingerprint density at radius 2 is 1.53 bits per heavy atom. The van der Waals surface area contributed by atoms with Gasteiger partial charge < -0.3 is 24.4 Å². The van der Waals surface area contributed by atoms with Gasteiger partial charge in [-0.25, -0.2) is 4.79 Å². The third-order valence-electron chi connectivity index (χ3n) is 5.97. The molecule has 2 aromatic carbocycles. The van der Waals surface area contributed by atoms with Gasteiger partial charge in [-0.15, -0.1) is 0 Å². The number of rotatable bonds is 7. The van der Waals surface area contributed by atoms with E-state index >= 15 is 0 Å². The van der Waals surface area contributed by atoms with E-state index in [4.69, 9.17) is 14.2 Å². The molecule has 0 saturated carbocycles. The van der Waals surface area contributed by atoms with Crippen molar-refractivity contribution in [2.45, 2.75) is 38.2 Å². The van der Waals surface area contributed by atoms with Crippen LogP contribution in [0.5, 0.6) is 0 Å². The number of amides is 2. The number of hydrogen-bond donors (Lipinski definition) is 1. The van der Waals surface area contributed by atoms with Crippen molar-refractivity contribution in [3.63, 3.8) is 0 Å². The van der Waals surface area contributed by atoms with Crippen molar-refractivity contribution in [2.24, 2.45) is 5.92 Å². The molecule has 4 rings (SSSR count). The van der Waals surface area contributed by atoms with Crippen LogP contribution in [-0.2, 0) is 32.0 Å². The maximum absolute atomic E-state index is 13.3. The van der Waals surface area contributed by atoms with Gasteiger partial charge in [0.2, 0.25) is 5.91 Å². The van der Waals surface area contributed by atoms with Crippen molar-refractivity contribution in [3.05, 3.63) is 71.8 Å². The molecule has 2 aromatic rings. The largest absolute Gasteiger partial charge is 0.445 e. The molecule has 1 N–H and O–H groups in total. The fourth-order valence-corrected chi connectivity index (χ4v) is 4.22. The molecular formula is C25H30N2O5. The molecule has 7 nitrogen and oxygen atoms in total. The first-order valence-corrected chi connectivity index (χ1v) is 11.2.